The Hall–Kier alpha value is -3.08. The van der Waals surface area contributed by atoms with Gasteiger partial charge in [0.25, 0.3) is 0 Å². The van der Waals surface area contributed by atoms with Gasteiger partial charge in [-0.15, -0.1) is 0 Å². The van der Waals surface area contributed by atoms with Crippen molar-refractivity contribution in [2.24, 2.45) is 0 Å². The number of H-pyrrole nitrogens is 1. The fourth-order valence-electron chi connectivity index (χ4n) is 3.34. The van der Waals surface area contributed by atoms with Gasteiger partial charge in [0, 0.05) is 5.69 Å². The summed E-state index contributed by atoms with van der Waals surface area (Å²) in [5.74, 6) is 0.977. The number of benzene rings is 2. The summed E-state index contributed by atoms with van der Waals surface area (Å²) in [6.07, 6.45) is 0. The summed E-state index contributed by atoms with van der Waals surface area (Å²) in [6.45, 7) is 6.33. The number of nitrogens with one attached hydrogen (secondary N) is 2. The summed E-state index contributed by atoms with van der Waals surface area (Å²) in [4.78, 5) is 9.69. The van der Waals surface area contributed by atoms with Crippen LogP contribution < -0.4 is 4.90 Å². The van der Waals surface area contributed by atoms with Crippen LogP contribution >= 0.6 is 0 Å². The molecule has 3 N–H and O–H groups in total. The molecule has 0 aliphatic carbocycles. The van der Waals surface area contributed by atoms with Gasteiger partial charge in [0.05, 0.1) is 23.2 Å². The van der Waals surface area contributed by atoms with Gasteiger partial charge in [0.15, 0.2) is 0 Å². The van der Waals surface area contributed by atoms with Crippen molar-refractivity contribution in [3.63, 3.8) is 0 Å². The number of para-hydroxylation sites is 1. The van der Waals surface area contributed by atoms with Crippen LogP contribution in [0.3, 0.4) is 0 Å². The van der Waals surface area contributed by atoms with E-state index < -0.39 is 0 Å². The molecule has 0 bridgehead atoms. The topological polar surface area (TPSA) is 76.0 Å². The van der Waals surface area contributed by atoms with Gasteiger partial charge < -0.3 is 15.0 Å². The lowest BCUT2D eigenvalue weighted by molar-refractivity contribution is 0.411. The van der Waals surface area contributed by atoms with Gasteiger partial charge in [-0.3, -0.25) is 5.41 Å². The molecule has 2 aromatic carbocycles. The Labute approximate surface area is 146 Å². The van der Waals surface area contributed by atoms with Gasteiger partial charge in [-0.2, -0.15) is 0 Å². The average molecular weight is 332 g/mol. The number of rotatable bonds is 2. The van der Waals surface area contributed by atoms with E-state index in [1.165, 1.54) is 0 Å². The van der Waals surface area contributed by atoms with E-state index >= 15 is 0 Å². The molecule has 4 rings (SSSR count). The van der Waals surface area contributed by atoms with E-state index in [0.717, 1.165) is 33.4 Å². The highest BCUT2D eigenvalue weighted by molar-refractivity contribution is 6.30. The third-order valence-electron chi connectivity index (χ3n) is 4.71. The smallest absolute Gasteiger partial charge is 0.145 e. The summed E-state index contributed by atoms with van der Waals surface area (Å²) < 4.78 is 0. The summed E-state index contributed by atoms with van der Waals surface area (Å²) in [5, 5.41) is 19.1. The predicted molar refractivity (Wildman–Crippen MR) is 101 cm³/mol. The van der Waals surface area contributed by atoms with Crippen molar-refractivity contribution < 1.29 is 5.11 Å². The maximum absolute atomic E-state index is 10.5. The van der Waals surface area contributed by atoms with Crippen molar-refractivity contribution in [1.29, 1.82) is 5.41 Å². The zero-order valence-corrected chi connectivity index (χ0v) is 14.5. The Morgan fingerprint density at radius 1 is 1.12 bits per heavy atom. The third kappa shape index (κ3) is 2.39. The molecule has 0 fully saturated rings. The first kappa shape index (κ1) is 15.4. The standard InChI is InChI=1S/C20H20N4O/c1-11-7-8-12(2)15(9-11)24-10-16(25)17(19(24)21)20-22-14-6-4-5-13(3)18(14)23-20/h4-9,21,25H,10H2,1-3H3,(H,22,23). The molecule has 1 aliphatic heterocycles. The van der Waals surface area contributed by atoms with Gasteiger partial charge in [-0.25, -0.2) is 4.98 Å². The molecule has 5 nitrogen and oxygen atoms in total. The Morgan fingerprint density at radius 2 is 1.92 bits per heavy atom. The number of nitrogens with zero attached hydrogens (tertiary/aromatic N) is 2. The van der Waals surface area contributed by atoms with Crippen LogP contribution in [-0.2, 0) is 0 Å². The second kappa shape index (κ2) is 5.48. The molecule has 126 valence electrons. The van der Waals surface area contributed by atoms with Crippen LogP contribution in [0.25, 0.3) is 16.6 Å². The lowest BCUT2D eigenvalue weighted by Gasteiger charge is -2.21. The van der Waals surface area contributed by atoms with Crippen molar-refractivity contribution in [3.05, 3.63) is 64.7 Å². The van der Waals surface area contributed by atoms with Crippen LogP contribution in [0.5, 0.6) is 0 Å². The maximum atomic E-state index is 10.5. The summed E-state index contributed by atoms with van der Waals surface area (Å²) in [5.41, 5.74) is 6.46. The quantitative estimate of drug-likeness (QED) is 0.656. The molecule has 3 aromatic rings. The van der Waals surface area contributed by atoms with Gasteiger partial charge in [0.2, 0.25) is 0 Å². The monoisotopic (exact) mass is 332 g/mol. The highest BCUT2D eigenvalue weighted by Gasteiger charge is 2.32. The van der Waals surface area contributed by atoms with Crippen LogP contribution in [0.15, 0.2) is 42.2 Å². The number of aromatic nitrogens is 2. The van der Waals surface area contributed by atoms with Gasteiger partial charge in [-0.1, -0.05) is 24.3 Å². The maximum Gasteiger partial charge on any atom is 0.145 e. The number of amidine groups is 1. The van der Waals surface area contributed by atoms with E-state index in [4.69, 9.17) is 5.41 Å². The number of aryl methyl sites for hydroxylation is 3. The molecule has 0 spiro atoms. The minimum Gasteiger partial charge on any atom is -0.509 e. The Kier molecular flexibility index (Phi) is 3.39. The molecule has 1 aliphatic rings. The molecule has 1 aromatic heterocycles. The van der Waals surface area contributed by atoms with Crippen molar-refractivity contribution in [3.8, 4) is 0 Å². The van der Waals surface area contributed by atoms with Gasteiger partial charge in [-0.05, 0) is 49.6 Å². The van der Waals surface area contributed by atoms with Crippen molar-refractivity contribution in [2.45, 2.75) is 20.8 Å². The number of aliphatic hydroxyl groups excluding tert-OH is 1. The average Bonchev–Trinajstić information content (AvgIpc) is 3.11. The minimum atomic E-state index is 0.169. The van der Waals surface area contributed by atoms with Crippen LogP contribution in [0, 0.1) is 26.2 Å². The lowest BCUT2D eigenvalue weighted by atomic mass is 10.1. The number of hydrogen-bond donors (Lipinski definition) is 3. The molecule has 0 atom stereocenters. The number of fused-ring (bicyclic) bond motifs is 1. The van der Waals surface area contributed by atoms with Crippen LogP contribution in [-0.4, -0.2) is 27.5 Å². The first-order chi connectivity index (χ1) is 12.0. The molecule has 0 saturated carbocycles. The number of anilines is 1. The van der Waals surface area contributed by atoms with E-state index in [0.29, 0.717) is 11.4 Å². The molecular weight excluding hydrogens is 312 g/mol. The molecule has 25 heavy (non-hydrogen) atoms. The Balaban J connectivity index is 1.78. The first-order valence-corrected chi connectivity index (χ1v) is 8.27. The van der Waals surface area contributed by atoms with E-state index in [2.05, 4.69) is 16.0 Å². The summed E-state index contributed by atoms with van der Waals surface area (Å²) >= 11 is 0. The second-order valence-electron chi connectivity index (χ2n) is 6.60. The summed E-state index contributed by atoms with van der Waals surface area (Å²) in [7, 11) is 0. The molecule has 0 unspecified atom stereocenters. The second-order valence-corrected chi connectivity index (χ2v) is 6.60. The van der Waals surface area contributed by atoms with Crippen LogP contribution in [0.2, 0.25) is 0 Å². The number of hydrogen-bond acceptors (Lipinski definition) is 3. The normalized spacial score (nSPS) is 14.8. The largest absolute Gasteiger partial charge is 0.509 e. The highest BCUT2D eigenvalue weighted by Crippen LogP contribution is 2.33. The number of imidazole rings is 1. The molecular formula is C20H20N4O. The van der Waals surface area contributed by atoms with Crippen LogP contribution in [0.4, 0.5) is 5.69 Å². The van der Waals surface area contributed by atoms with E-state index in [9.17, 15) is 5.11 Å². The highest BCUT2D eigenvalue weighted by atomic mass is 16.3. The lowest BCUT2D eigenvalue weighted by Crippen LogP contribution is -2.27. The number of aromatic amines is 1. The number of aliphatic hydroxyl groups is 1. The van der Waals surface area contributed by atoms with Crippen molar-refractivity contribution in [2.75, 3.05) is 11.4 Å². The zero-order valence-electron chi connectivity index (χ0n) is 14.5. The third-order valence-corrected chi connectivity index (χ3v) is 4.71. The molecule has 0 radical (unpaired) electrons. The SMILES string of the molecule is Cc1ccc(C)c(N2CC(O)=C(c3nc4c(C)cccc4[nH]3)C2=N)c1. The molecule has 0 amide bonds. The van der Waals surface area contributed by atoms with E-state index in [1.54, 1.807) is 0 Å². The van der Waals surface area contributed by atoms with Crippen LogP contribution in [0.1, 0.15) is 22.5 Å². The first-order valence-electron chi connectivity index (χ1n) is 8.27. The zero-order chi connectivity index (χ0) is 17.7. The fourth-order valence-corrected chi connectivity index (χ4v) is 3.34. The van der Waals surface area contributed by atoms with Crippen molar-refractivity contribution in [1.82, 2.24) is 9.97 Å². The van der Waals surface area contributed by atoms with E-state index in [-0.39, 0.29) is 18.1 Å². The Bertz CT molecular complexity index is 1050. The molecule has 0 saturated heterocycles. The Morgan fingerprint density at radius 3 is 2.68 bits per heavy atom. The molecule has 5 heteroatoms. The van der Waals surface area contributed by atoms with Gasteiger partial charge >= 0.3 is 0 Å². The van der Waals surface area contributed by atoms with Gasteiger partial charge in [0.1, 0.15) is 17.4 Å². The minimum absolute atomic E-state index is 0.169. The van der Waals surface area contributed by atoms with Crippen molar-refractivity contribution >= 4 is 28.1 Å². The van der Waals surface area contributed by atoms with E-state index in [1.807, 2.05) is 56.0 Å². The molecule has 2 heterocycles. The predicted octanol–water partition coefficient (Wildman–Crippen LogP) is 4.25. The summed E-state index contributed by atoms with van der Waals surface area (Å²) in [6, 6.07) is 12.1. The fraction of sp³-hybridized carbons (Fsp3) is 0.200.